The van der Waals surface area contributed by atoms with E-state index in [-0.39, 0.29) is 0 Å². The van der Waals surface area contributed by atoms with Crippen LogP contribution in [0.4, 0.5) is 0 Å². The van der Waals surface area contributed by atoms with Gasteiger partial charge in [-0.3, -0.25) is 4.99 Å². The van der Waals surface area contributed by atoms with Crippen LogP contribution in [0.2, 0.25) is 0 Å². The van der Waals surface area contributed by atoms with Gasteiger partial charge in [0.15, 0.2) is 5.96 Å². The molecule has 0 saturated heterocycles. The molecule has 2 rings (SSSR count). The highest BCUT2D eigenvalue weighted by Crippen LogP contribution is 2.21. The Morgan fingerprint density at radius 3 is 2.57 bits per heavy atom. The quantitative estimate of drug-likeness (QED) is 0.600. The van der Waals surface area contributed by atoms with E-state index in [1.54, 1.807) is 0 Å². The van der Waals surface area contributed by atoms with E-state index >= 15 is 0 Å². The smallest absolute Gasteiger partial charge is 0.191 e. The van der Waals surface area contributed by atoms with E-state index in [4.69, 9.17) is 0 Å². The number of aliphatic imine (C=N–C) groups is 1. The first-order chi connectivity index (χ1) is 11.2. The van der Waals surface area contributed by atoms with Gasteiger partial charge in [-0.2, -0.15) is 0 Å². The van der Waals surface area contributed by atoms with Crippen LogP contribution in [0.1, 0.15) is 44.1 Å². The molecule has 1 aliphatic carbocycles. The maximum atomic E-state index is 4.32. The Hall–Kier alpha value is -1.55. The van der Waals surface area contributed by atoms with Crippen LogP contribution in [-0.4, -0.2) is 50.6 Å². The fourth-order valence-corrected chi connectivity index (χ4v) is 3.25. The molecule has 23 heavy (non-hydrogen) atoms. The summed E-state index contributed by atoms with van der Waals surface area (Å²) in [5, 5.41) is 6.86. The number of likely N-dealkylation sites (N-methyl/N-ethyl adjacent to an activating group) is 1. The standard InChI is InChI=1S/C19H32N4/c1-16(17-9-5-4-6-10-17)15-22-19(20-2)21-13-14-23(3)18-11-7-8-12-18/h4-6,9-10,16,18H,7-8,11-15H2,1-3H3,(H2,20,21,22). The highest BCUT2D eigenvalue weighted by molar-refractivity contribution is 5.79. The second-order valence-electron chi connectivity index (χ2n) is 6.61. The lowest BCUT2D eigenvalue weighted by molar-refractivity contribution is 0.249. The molecule has 0 heterocycles. The molecule has 0 aliphatic heterocycles. The molecular formula is C19H32N4. The molecule has 1 saturated carbocycles. The molecule has 1 unspecified atom stereocenters. The van der Waals surface area contributed by atoms with Crippen LogP contribution in [0.15, 0.2) is 35.3 Å². The maximum absolute atomic E-state index is 4.32. The predicted octanol–water partition coefficient (Wildman–Crippen LogP) is 2.83. The van der Waals surface area contributed by atoms with Crippen LogP contribution >= 0.6 is 0 Å². The third-order valence-corrected chi connectivity index (χ3v) is 4.87. The van der Waals surface area contributed by atoms with Crippen LogP contribution in [-0.2, 0) is 0 Å². The molecule has 0 bridgehead atoms. The topological polar surface area (TPSA) is 39.7 Å². The molecule has 2 N–H and O–H groups in total. The first-order valence-electron chi connectivity index (χ1n) is 8.90. The average molecular weight is 316 g/mol. The number of benzene rings is 1. The third-order valence-electron chi connectivity index (χ3n) is 4.87. The average Bonchev–Trinajstić information content (AvgIpc) is 3.13. The predicted molar refractivity (Wildman–Crippen MR) is 99.1 cm³/mol. The van der Waals surface area contributed by atoms with Crippen molar-refractivity contribution in [2.75, 3.05) is 33.7 Å². The van der Waals surface area contributed by atoms with Crippen molar-refractivity contribution in [2.45, 2.75) is 44.6 Å². The highest BCUT2D eigenvalue weighted by atomic mass is 15.2. The summed E-state index contributed by atoms with van der Waals surface area (Å²) in [6, 6.07) is 11.4. The number of hydrogen-bond donors (Lipinski definition) is 2. The van der Waals surface area contributed by atoms with Gasteiger partial charge in [0.1, 0.15) is 0 Å². The van der Waals surface area contributed by atoms with Crippen molar-refractivity contribution in [3.05, 3.63) is 35.9 Å². The van der Waals surface area contributed by atoms with Gasteiger partial charge in [-0.05, 0) is 31.4 Å². The number of guanidine groups is 1. The van der Waals surface area contributed by atoms with Gasteiger partial charge in [0, 0.05) is 32.7 Å². The molecule has 0 aromatic heterocycles. The minimum atomic E-state index is 0.468. The van der Waals surface area contributed by atoms with Crippen LogP contribution in [0.5, 0.6) is 0 Å². The number of hydrogen-bond acceptors (Lipinski definition) is 2. The first-order valence-corrected chi connectivity index (χ1v) is 8.90. The second-order valence-corrected chi connectivity index (χ2v) is 6.61. The molecule has 1 aromatic carbocycles. The normalized spacial score (nSPS) is 17.5. The zero-order valence-corrected chi connectivity index (χ0v) is 14.9. The van der Waals surface area contributed by atoms with E-state index < -0.39 is 0 Å². The number of nitrogens with zero attached hydrogens (tertiary/aromatic N) is 2. The molecule has 0 spiro atoms. The van der Waals surface area contributed by atoms with Crippen molar-refractivity contribution in [1.82, 2.24) is 15.5 Å². The van der Waals surface area contributed by atoms with Gasteiger partial charge in [-0.1, -0.05) is 50.1 Å². The van der Waals surface area contributed by atoms with Gasteiger partial charge in [-0.25, -0.2) is 0 Å². The fraction of sp³-hybridized carbons (Fsp3) is 0.632. The second kappa shape index (κ2) is 9.56. The molecule has 4 heteroatoms. The van der Waals surface area contributed by atoms with Gasteiger partial charge in [0.2, 0.25) is 0 Å². The molecule has 1 aliphatic rings. The summed E-state index contributed by atoms with van der Waals surface area (Å²) in [5.74, 6) is 1.36. The summed E-state index contributed by atoms with van der Waals surface area (Å²) >= 11 is 0. The molecule has 1 fully saturated rings. The summed E-state index contributed by atoms with van der Waals surface area (Å²) in [6.07, 6.45) is 5.50. The number of rotatable bonds is 7. The molecule has 1 aromatic rings. The molecule has 0 radical (unpaired) electrons. The van der Waals surface area contributed by atoms with Crippen molar-refractivity contribution in [3.63, 3.8) is 0 Å². The van der Waals surface area contributed by atoms with Crippen molar-refractivity contribution < 1.29 is 0 Å². The van der Waals surface area contributed by atoms with E-state index in [0.29, 0.717) is 5.92 Å². The summed E-state index contributed by atoms with van der Waals surface area (Å²) in [5.41, 5.74) is 1.36. The van der Waals surface area contributed by atoms with Crippen LogP contribution in [0.25, 0.3) is 0 Å². The van der Waals surface area contributed by atoms with Gasteiger partial charge in [0.05, 0.1) is 0 Å². The van der Waals surface area contributed by atoms with Crippen molar-refractivity contribution in [2.24, 2.45) is 4.99 Å². The molecule has 0 amide bonds. The monoisotopic (exact) mass is 316 g/mol. The lowest BCUT2D eigenvalue weighted by Gasteiger charge is -2.24. The summed E-state index contributed by atoms with van der Waals surface area (Å²) < 4.78 is 0. The highest BCUT2D eigenvalue weighted by Gasteiger charge is 2.18. The lowest BCUT2D eigenvalue weighted by atomic mass is 10.0. The van der Waals surface area contributed by atoms with Gasteiger partial charge in [0.25, 0.3) is 0 Å². The molecule has 128 valence electrons. The minimum Gasteiger partial charge on any atom is -0.356 e. The van der Waals surface area contributed by atoms with Crippen LogP contribution in [0.3, 0.4) is 0 Å². The minimum absolute atomic E-state index is 0.468. The van der Waals surface area contributed by atoms with Crippen molar-refractivity contribution in [3.8, 4) is 0 Å². The molecule has 4 nitrogen and oxygen atoms in total. The fourth-order valence-electron chi connectivity index (χ4n) is 3.25. The zero-order valence-electron chi connectivity index (χ0n) is 14.9. The first kappa shape index (κ1) is 17.8. The lowest BCUT2D eigenvalue weighted by Crippen LogP contribution is -2.43. The Labute approximate surface area is 141 Å². The van der Waals surface area contributed by atoms with Crippen molar-refractivity contribution in [1.29, 1.82) is 0 Å². The third kappa shape index (κ3) is 5.87. The van der Waals surface area contributed by atoms with E-state index in [2.05, 4.69) is 64.8 Å². The van der Waals surface area contributed by atoms with Gasteiger partial charge < -0.3 is 15.5 Å². The summed E-state index contributed by atoms with van der Waals surface area (Å²) in [4.78, 5) is 6.81. The number of nitrogens with one attached hydrogen (secondary N) is 2. The summed E-state index contributed by atoms with van der Waals surface area (Å²) in [7, 11) is 4.08. The molecular weight excluding hydrogens is 284 g/mol. The SMILES string of the molecule is CN=C(NCCN(C)C1CCCC1)NCC(C)c1ccccc1. The molecule has 1 atom stereocenters. The summed E-state index contributed by atoms with van der Waals surface area (Å²) in [6.45, 7) is 5.14. The van der Waals surface area contributed by atoms with E-state index in [1.165, 1.54) is 31.2 Å². The van der Waals surface area contributed by atoms with Crippen molar-refractivity contribution >= 4 is 5.96 Å². The zero-order chi connectivity index (χ0) is 16.5. The van der Waals surface area contributed by atoms with Gasteiger partial charge >= 0.3 is 0 Å². The van der Waals surface area contributed by atoms with E-state index in [0.717, 1.165) is 31.6 Å². The van der Waals surface area contributed by atoms with Crippen LogP contribution < -0.4 is 10.6 Å². The van der Waals surface area contributed by atoms with E-state index in [9.17, 15) is 0 Å². The Bertz CT molecular complexity index is 466. The van der Waals surface area contributed by atoms with E-state index in [1.807, 2.05) is 7.05 Å². The van der Waals surface area contributed by atoms with Crippen LogP contribution in [0, 0.1) is 0 Å². The maximum Gasteiger partial charge on any atom is 0.191 e. The Kier molecular flexibility index (Phi) is 7.40. The largest absolute Gasteiger partial charge is 0.356 e. The Morgan fingerprint density at radius 2 is 1.91 bits per heavy atom. The van der Waals surface area contributed by atoms with Gasteiger partial charge in [-0.15, -0.1) is 0 Å². The Balaban J connectivity index is 1.67. The Morgan fingerprint density at radius 1 is 1.22 bits per heavy atom.